The molecule has 1 heterocycles. The molecule has 0 radical (unpaired) electrons. The molecule has 1 rings (SSSR count). The number of aryl methyl sites for hydroxylation is 1. The molecule has 0 atom stereocenters. The fourth-order valence-corrected chi connectivity index (χ4v) is 0.357. The first kappa shape index (κ1) is 7.08. The summed E-state index contributed by atoms with van der Waals surface area (Å²) in [5.74, 6) is 0. The van der Waals surface area contributed by atoms with Gasteiger partial charge in [-0.25, -0.2) is 9.97 Å². The fourth-order valence-electron chi connectivity index (χ4n) is 0.357. The van der Waals surface area contributed by atoms with Crippen LogP contribution in [0.5, 0.6) is 0 Å². The Kier molecular flexibility index (Phi) is 2.77. The van der Waals surface area contributed by atoms with Gasteiger partial charge >= 0.3 is 0 Å². The second-order valence-corrected chi connectivity index (χ2v) is 1.35. The minimum atomic E-state index is 0. The van der Waals surface area contributed by atoms with Gasteiger partial charge in [0, 0.05) is 11.9 Å². The maximum Gasteiger partial charge on any atom is 0.115 e. The molecule has 2 heteroatoms. The first-order valence-electron chi connectivity index (χ1n) is 2.12. The molecule has 44 valence electrons. The van der Waals surface area contributed by atoms with E-state index in [1.807, 2.05) is 13.0 Å². The van der Waals surface area contributed by atoms with Gasteiger partial charge in [0.15, 0.2) is 0 Å². The summed E-state index contributed by atoms with van der Waals surface area (Å²) in [6, 6.07) is 1.86. The summed E-state index contributed by atoms with van der Waals surface area (Å²) in [6.45, 7) is 1.93. The molecule has 8 heavy (non-hydrogen) atoms. The molecule has 2 nitrogen and oxygen atoms in total. The third-order valence-corrected chi connectivity index (χ3v) is 0.730. The van der Waals surface area contributed by atoms with Gasteiger partial charge in [0.25, 0.3) is 0 Å². The van der Waals surface area contributed by atoms with Crippen molar-refractivity contribution in [3.63, 3.8) is 0 Å². The van der Waals surface area contributed by atoms with Gasteiger partial charge in [0.2, 0.25) is 0 Å². The molecule has 1 aromatic rings. The molecule has 0 bridgehead atoms. The summed E-state index contributed by atoms with van der Waals surface area (Å²) < 4.78 is 0. The Hall–Kier alpha value is -0.920. The Morgan fingerprint density at radius 3 is 2.50 bits per heavy atom. The van der Waals surface area contributed by atoms with Gasteiger partial charge in [-0.15, -0.1) is 0 Å². The Bertz CT molecular complexity index is 136. The zero-order valence-corrected chi connectivity index (χ0v) is 4.13. The molecule has 0 aliphatic carbocycles. The van der Waals surface area contributed by atoms with Crippen LogP contribution in [-0.4, -0.2) is 9.97 Å². The molecule has 0 spiro atoms. The van der Waals surface area contributed by atoms with Crippen LogP contribution in [0.1, 0.15) is 13.1 Å². The highest BCUT2D eigenvalue weighted by molar-refractivity contribution is 4.92. The third kappa shape index (κ3) is 1.69. The number of hydrogen-bond donors (Lipinski definition) is 0. The van der Waals surface area contributed by atoms with E-state index in [9.17, 15) is 0 Å². The van der Waals surface area contributed by atoms with Crippen LogP contribution >= 0.6 is 0 Å². The van der Waals surface area contributed by atoms with Crippen molar-refractivity contribution in [2.45, 2.75) is 14.4 Å². The van der Waals surface area contributed by atoms with Crippen LogP contribution in [0.3, 0.4) is 0 Å². The summed E-state index contributed by atoms with van der Waals surface area (Å²) in [5.41, 5.74) is 1.01. The number of aromatic nitrogens is 2. The largest absolute Gasteiger partial charge is 0.245 e. The van der Waals surface area contributed by atoms with E-state index in [2.05, 4.69) is 9.97 Å². The van der Waals surface area contributed by atoms with Crippen molar-refractivity contribution in [2.24, 2.45) is 0 Å². The monoisotopic (exact) mass is 110 g/mol. The first-order valence-corrected chi connectivity index (χ1v) is 2.12. The van der Waals surface area contributed by atoms with Crippen molar-refractivity contribution in [1.29, 1.82) is 0 Å². The van der Waals surface area contributed by atoms with Crippen LogP contribution in [0.25, 0.3) is 0 Å². The third-order valence-electron chi connectivity index (χ3n) is 0.730. The van der Waals surface area contributed by atoms with Gasteiger partial charge in [-0.2, -0.15) is 0 Å². The Morgan fingerprint density at radius 2 is 2.25 bits per heavy atom. The fraction of sp³-hybridized carbons (Fsp3) is 0.333. The van der Waals surface area contributed by atoms with Crippen molar-refractivity contribution >= 4 is 0 Å². The topological polar surface area (TPSA) is 25.8 Å². The van der Waals surface area contributed by atoms with Gasteiger partial charge in [-0.3, -0.25) is 0 Å². The molecule has 0 aliphatic heterocycles. The number of rotatable bonds is 0. The molecule has 0 aromatic carbocycles. The molecule has 1 aromatic heterocycles. The van der Waals surface area contributed by atoms with E-state index in [0.29, 0.717) is 0 Å². The predicted octanol–water partition coefficient (Wildman–Crippen LogP) is 1.42. The SMILES string of the molecule is C.Cc1ccncn1. The van der Waals surface area contributed by atoms with Crippen molar-refractivity contribution in [3.05, 3.63) is 24.3 Å². The van der Waals surface area contributed by atoms with Gasteiger partial charge in [-0.05, 0) is 13.0 Å². The van der Waals surface area contributed by atoms with E-state index < -0.39 is 0 Å². The lowest BCUT2D eigenvalue weighted by molar-refractivity contribution is 1.10. The molecular weight excluding hydrogens is 100 g/mol. The summed E-state index contributed by atoms with van der Waals surface area (Å²) in [7, 11) is 0. The van der Waals surface area contributed by atoms with Gasteiger partial charge in [0.05, 0.1) is 0 Å². The Balaban J connectivity index is 0.000000490. The maximum absolute atomic E-state index is 3.87. The van der Waals surface area contributed by atoms with Crippen LogP contribution in [0.15, 0.2) is 18.6 Å². The lowest BCUT2D eigenvalue weighted by atomic mass is 10.5. The van der Waals surface area contributed by atoms with E-state index in [1.165, 1.54) is 6.33 Å². The molecule has 0 amide bonds. The highest BCUT2D eigenvalue weighted by atomic mass is 14.8. The average Bonchev–Trinajstić information content (AvgIpc) is 1.69. The average molecular weight is 110 g/mol. The molecule has 0 N–H and O–H groups in total. The van der Waals surface area contributed by atoms with E-state index in [4.69, 9.17) is 0 Å². The zero-order valence-electron chi connectivity index (χ0n) is 4.13. The zero-order chi connectivity index (χ0) is 5.11. The lowest BCUT2D eigenvalue weighted by Gasteiger charge is -1.81. The second-order valence-electron chi connectivity index (χ2n) is 1.35. The normalized spacial score (nSPS) is 7.62. The minimum absolute atomic E-state index is 0. The van der Waals surface area contributed by atoms with E-state index >= 15 is 0 Å². The van der Waals surface area contributed by atoms with E-state index in [1.54, 1.807) is 6.20 Å². The molecule has 0 aliphatic rings. The summed E-state index contributed by atoms with van der Waals surface area (Å²) in [5, 5.41) is 0. The summed E-state index contributed by atoms with van der Waals surface area (Å²) in [4.78, 5) is 7.60. The molecule has 0 fully saturated rings. The van der Waals surface area contributed by atoms with Crippen LogP contribution in [-0.2, 0) is 0 Å². The highest BCUT2D eigenvalue weighted by Gasteiger charge is 1.74. The van der Waals surface area contributed by atoms with Crippen LogP contribution in [0.2, 0.25) is 0 Å². The molecule has 0 saturated heterocycles. The van der Waals surface area contributed by atoms with Gasteiger partial charge in [-0.1, -0.05) is 7.43 Å². The summed E-state index contributed by atoms with van der Waals surface area (Å²) >= 11 is 0. The molecular formula is C6H10N2. The quantitative estimate of drug-likeness (QED) is 0.504. The van der Waals surface area contributed by atoms with E-state index in [-0.39, 0.29) is 7.43 Å². The van der Waals surface area contributed by atoms with Crippen molar-refractivity contribution in [2.75, 3.05) is 0 Å². The first-order chi connectivity index (χ1) is 3.39. The summed E-state index contributed by atoms with van der Waals surface area (Å²) in [6.07, 6.45) is 3.26. The van der Waals surface area contributed by atoms with Gasteiger partial charge < -0.3 is 0 Å². The smallest absolute Gasteiger partial charge is 0.115 e. The molecule has 0 unspecified atom stereocenters. The predicted molar refractivity (Wildman–Crippen MR) is 33.5 cm³/mol. The lowest BCUT2D eigenvalue weighted by Crippen LogP contribution is -1.77. The van der Waals surface area contributed by atoms with Crippen molar-refractivity contribution < 1.29 is 0 Å². The Morgan fingerprint density at radius 1 is 1.50 bits per heavy atom. The van der Waals surface area contributed by atoms with Gasteiger partial charge in [0.1, 0.15) is 6.33 Å². The minimum Gasteiger partial charge on any atom is -0.245 e. The highest BCUT2D eigenvalue weighted by Crippen LogP contribution is 1.82. The maximum atomic E-state index is 3.87. The number of hydrogen-bond acceptors (Lipinski definition) is 2. The second kappa shape index (κ2) is 3.13. The van der Waals surface area contributed by atoms with Crippen molar-refractivity contribution in [3.8, 4) is 0 Å². The van der Waals surface area contributed by atoms with Crippen LogP contribution in [0, 0.1) is 6.92 Å². The van der Waals surface area contributed by atoms with Crippen LogP contribution in [0.4, 0.5) is 0 Å². The van der Waals surface area contributed by atoms with Crippen LogP contribution < -0.4 is 0 Å². The Labute approximate surface area is 49.6 Å². The van der Waals surface area contributed by atoms with Crippen molar-refractivity contribution in [1.82, 2.24) is 9.97 Å². The molecule has 0 saturated carbocycles. The van der Waals surface area contributed by atoms with E-state index in [0.717, 1.165) is 5.69 Å². The number of nitrogens with zero attached hydrogens (tertiary/aromatic N) is 2. The standard InChI is InChI=1S/C5H6N2.CH4/c1-5-2-3-6-4-7-5;/h2-4H,1H3;1H4.